The lowest BCUT2D eigenvalue weighted by atomic mass is 9.87. The average molecular weight is 462 g/mol. The summed E-state index contributed by atoms with van der Waals surface area (Å²) in [6, 6.07) is 15.8. The Morgan fingerprint density at radius 2 is 1.73 bits per heavy atom. The van der Waals surface area contributed by atoms with E-state index in [2.05, 4.69) is 65.4 Å². The van der Waals surface area contributed by atoms with Gasteiger partial charge in [0.05, 0.1) is 24.8 Å². The van der Waals surface area contributed by atoms with Crippen LogP contribution in [0, 0.1) is 0 Å². The summed E-state index contributed by atoms with van der Waals surface area (Å²) in [6.07, 6.45) is 3.24. The fourth-order valence-corrected chi connectivity index (χ4v) is 4.15. The largest absolute Gasteiger partial charge is 0.467 e. The van der Waals surface area contributed by atoms with Crippen molar-refractivity contribution in [3.05, 3.63) is 78.3 Å². The molecule has 8 nitrogen and oxygen atoms in total. The maximum Gasteiger partial charge on any atom is 0.238 e. The van der Waals surface area contributed by atoms with Crippen molar-refractivity contribution < 1.29 is 13.4 Å². The second-order valence-electron chi connectivity index (χ2n) is 8.58. The Morgan fingerprint density at radius 3 is 2.42 bits per heavy atom. The first kappa shape index (κ1) is 21.3. The normalized spacial score (nSPS) is 11.8. The van der Waals surface area contributed by atoms with Crippen molar-refractivity contribution >= 4 is 11.8 Å². The molecule has 0 bridgehead atoms. The summed E-state index contributed by atoms with van der Waals surface area (Å²) in [4.78, 5) is 4.40. The standard InChI is InChI=1S/C24H23N5O3S/c1-24(2,3)17-10-8-16(9-11-17)22-26-27-23(29(22)14-18-6-4-12-30-18)33-15-20-25-21(28-32-20)19-7-5-13-31-19/h4-13H,14-15H2,1-3H3. The van der Waals surface area contributed by atoms with Gasteiger partial charge < -0.3 is 13.4 Å². The van der Waals surface area contributed by atoms with Gasteiger partial charge in [-0.15, -0.1) is 10.2 Å². The predicted molar refractivity (Wildman–Crippen MR) is 124 cm³/mol. The van der Waals surface area contributed by atoms with E-state index < -0.39 is 0 Å². The van der Waals surface area contributed by atoms with Crippen LogP contribution in [0.3, 0.4) is 0 Å². The molecule has 0 aliphatic rings. The van der Waals surface area contributed by atoms with Gasteiger partial charge in [0.2, 0.25) is 11.7 Å². The van der Waals surface area contributed by atoms with Crippen LogP contribution in [0.1, 0.15) is 38.0 Å². The van der Waals surface area contributed by atoms with Crippen LogP contribution < -0.4 is 0 Å². The van der Waals surface area contributed by atoms with Crippen molar-refractivity contribution in [2.24, 2.45) is 0 Å². The van der Waals surface area contributed by atoms with Gasteiger partial charge in [0.25, 0.3) is 0 Å². The number of aromatic nitrogens is 5. The van der Waals surface area contributed by atoms with E-state index in [1.54, 1.807) is 24.7 Å². The van der Waals surface area contributed by atoms with Gasteiger partial charge in [0.15, 0.2) is 16.7 Å². The minimum atomic E-state index is 0.0833. The third-order valence-electron chi connectivity index (χ3n) is 5.15. The summed E-state index contributed by atoms with van der Waals surface area (Å²) < 4.78 is 18.3. The maximum atomic E-state index is 5.59. The highest BCUT2D eigenvalue weighted by atomic mass is 32.2. The summed E-state index contributed by atoms with van der Waals surface area (Å²) in [7, 11) is 0. The second kappa shape index (κ2) is 8.74. The second-order valence-corrected chi connectivity index (χ2v) is 9.52. The number of rotatable bonds is 7. The average Bonchev–Trinajstić information content (AvgIpc) is 3.60. The quantitative estimate of drug-likeness (QED) is 0.280. The van der Waals surface area contributed by atoms with Crippen LogP contribution in [0.5, 0.6) is 0 Å². The van der Waals surface area contributed by atoms with Crippen molar-refractivity contribution in [1.29, 1.82) is 0 Å². The fourth-order valence-electron chi connectivity index (χ4n) is 3.37. The molecule has 0 saturated heterocycles. The number of thioether (sulfide) groups is 1. The molecule has 0 radical (unpaired) electrons. The number of hydrogen-bond acceptors (Lipinski definition) is 8. The molecule has 0 amide bonds. The van der Waals surface area contributed by atoms with E-state index in [1.807, 2.05) is 16.7 Å². The van der Waals surface area contributed by atoms with Gasteiger partial charge in [-0.1, -0.05) is 62.0 Å². The summed E-state index contributed by atoms with van der Waals surface area (Å²) in [5, 5.41) is 13.6. The third kappa shape index (κ3) is 4.63. The van der Waals surface area contributed by atoms with E-state index in [4.69, 9.17) is 13.4 Å². The molecule has 9 heteroatoms. The molecule has 0 fully saturated rings. The Hall–Kier alpha value is -3.59. The summed E-state index contributed by atoms with van der Waals surface area (Å²) in [6.45, 7) is 7.11. The minimum Gasteiger partial charge on any atom is -0.467 e. The van der Waals surface area contributed by atoms with Crippen LogP contribution in [0.2, 0.25) is 0 Å². The van der Waals surface area contributed by atoms with Crippen LogP contribution >= 0.6 is 11.8 Å². The summed E-state index contributed by atoms with van der Waals surface area (Å²) in [5.74, 6) is 3.52. The predicted octanol–water partition coefficient (Wildman–Crippen LogP) is 5.82. The monoisotopic (exact) mass is 461 g/mol. The highest BCUT2D eigenvalue weighted by molar-refractivity contribution is 7.98. The molecule has 168 valence electrons. The van der Waals surface area contributed by atoms with Crippen molar-refractivity contribution in [1.82, 2.24) is 24.9 Å². The first-order chi connectivity index (χ1) is 16.0. The minimum absolute atomic E-state index is 0.0833. The number of furan rings is 2. The Bertz CT molecular complexity index is 1310. The van der Waals surface area contributed by atoms with Crippen molar-refractivity contribution in [3.63, 3.8) is 0 Å². The zero-order valence-corrected chi connectivity index (χ0v) is 19.4. The van der Waals surface area contributed by atoms with E-state index in [-0.39, 0.29) is 5.41 Å². The zero-order valence-electron chi connectivity index (χ0n) is 18.6. The van der Waals surface area contributed by atoms with Crippen LogP contribution in [-0.4, -0.2) is 24.9 Å². The summed E-state index contributed by atoms with van der Waals surface area (Å²) in [5.41, 5.74) is 2.34. The Kier molecular flexibility index (Phi) is 5.63. The smallest absolute Gasteiger partial charge is 0.238 e. The molecular formula is C24H23N5O3S. The van der Waals surface area contributed by atoms with E-state index in [1.165, 1.54) is 17.3 Å². The van der Waals surface area contributed by atoms with Gasteiger partial charge in [-0.3, -0.25) is 4.57 Å². The van der Waals surface area contributed by atoms with Gasteiger partial charge in [0.1, 0.15) is 5.76 Å². The number of nitrogens with zero attached hydrogens (tertiary/aromatic N) is 5. The van der Waals surface area contributed by atoms with Gasteiger partial charge in [-0.05, 0) is 35.2 Å². The van der Waals surface area contributed by atoms with Crippen molar-refractivity contribution in [2.45, 2.75) is 43.6 Å². The van der Waals surface area contributed by atoms with Crippen molar-refractivity contribution in [3.8, 4) is 23.0 Å². The molecule has 4 heterocycles. The maximum absolute atomic E-state index is 5.59. The van der Waals surface area contributed by atoms with E-state index in [0.29, 0.717) is 29.8 Å². The van der Waals surface area contributed by atoms with Crippen LogP contribution in [0.25, 0.3) is 23.0 Å². The van der Waals surface area contributed by atoms with Gasteiger partial charge >= 0.3 is 0 Å². The SMILES string of the molecule is CC(C)(C)c1ccc(-c2nnc(SCc3nc(-c4ccco4)no3)n2Cc2ccco2)cc1. The van der Waals surface area contributed by atoms with E-state index in [0.717, 1.165) is 22.3 Å². The lowest BCUT2D eigenvalue weighted by Crippen LogP contribution is -2.10. The molecule has 0 aliphatic carbocycles. The lowest BCUT2D eigenvalue weighted by Gasteiger charge is -2.19. The molecule has 0 atom stereocenters. The molecule has 0 spiro atoms. The number of benzene rings is 1. The first-order valence-corrected chi connectivity index (χ1v) is 11.5. The third-order valence-corrected chi connectivity index (χ3v) is 6.11. The molecule has 5 rings (SSSR count). The highest BCUT2D eigenvalue weighted by Gasteiger charge is 2.19. The number of hydrogen-bond donors (Lipinski definition) is 0. The molecule has 0 N–H and O–H groups in total. The molecule has 33 heavy (non-hydrogen) atoms. The van der Waals surface area contributed by atoms with Crippen LogP contribution in [0.4, 0.5) is 0 Å². The van der Waals surface area contributed by atoms with Gasteiger partial charge in [-0.25, -0.2) is 0 Å². The fraction of sp³-hybridized carbons (Fsp3) is 0.250. The Labute approximate surface area is 195 Å². The van der Waals surface area contributed by atoms with E-state index in [9.17, 15) is 0 Å². The molecule has 1 aromatic carbocycles. The zero-order chi connectivity index (χ0) is 22.8. The Morgan fingerprint density at radius 1 is 0.939 bits per heavy atom. The van der Waals surface area contributed by atoms with Gasteiger partial charge in [-0.2, -0.15) is 4.98 Å². The molecular weight excluding hydrogens is 438 g/mol. The topological polar surface area (TPSA) is 95.9 Å². The molecule has 0 unspecified atom stereocenters. The molecule has 5 aromatic rings. The molecule has 0 saturated carbocycles. The highest BCUT2D eigenvalue weighted by Crippen LogP contribution is 2.30. The van der Waals surface area contributed by atoms with Crippen LogP contribution in [0.15, 0.2) is 79.6 Å². The first-order valence-electron chi connectivity index (χ1n) is 10.5. The van der Waals surface area contributed by atoms with E-state index >= 15 is 0 Å². The van der Waals surface area contributed by atoms with Gasteiger partial charge in [0, 0.05) is 5.56 Å². The summed E-state index contributed by atoms with van der Waals surface area (Å²) >= 11 is 1.48. The molecule has 4 aromatic heterocycles. The lowest BCUT2D eigenvalue weighted by molar-refractivity contribution is 0.390. The molecule has 0 aliphatic heterocycles. The Balaban J connectivity index is 1.41. The van der Waals surface area contributed by atoms with Crippen LogP contribution in [-0.2, 0) is 17.7 Å². The van der Waals surface area contributed by atoms with Crippen molar-refractivity contribution in [2.75, 3.05) is 0 Å².